The molecule has 1 N–H and O–H groups in total. The number of carbonyl (C=O) groups is 1. The summed E-state index contributed by atoms with van der Waals surface area (Å²) in [6.45, 7) is 6.23. The van der Waals surface area contributed by atoms with Gasteiger partial charge in [-0.1, -0.05) is 13.0 Å². The number of carbonyl (C=O) groups excluding carboxylic acids is 1. The van der Waals surface area contributed by atoms with Crippen LogP contribution in [-0.4, -0.2) is 27.0 Å². The van der Waals surface area contributed by atoms with E-state index in [1.165, 1.54) is 6.07 Å². The van der Waals surface area contributed by atoms with E-state index in [1.807, 2.05) is 20.8 Å². The standard InChI is InChI=1S/C20H24N2O4S/c1-4-20(23)22-11-10-15-12-18(8-9-19(15)22)27(24,25)21-16-6-5-7-17(13-16)26-14(2)3/h5-9,12-14,21H,4,10-11H2,1-3H3. The second-order valence-corrected chi connectivity index (χ2v) is 8.42. The van der Waals surface area contributed by atoms with Crippen molar-refractivity contribution in [3.8, 4) is 5.75 Å². The van der Waals surface area contributed by atoms with E-state index in [0.29, 0.717) is 30.8 Å². The molecule has 0 aromatic heterocycles. The molecular weight excluding hydrogens is 364 g/mol. The lowest BCUT2D eigenvalue weighted by molar-refractivity contribution is -0.118. The van der Waals surface area contributed by atoms with Gasteiger partial charge in [-0.2, -0.15) is 0 Å². The van der Waals surface area contributed by atoms with Gasteiger partial charge >= 0.3 is 0 Å². The monoisotopic (exact) mass is 388 g/mol. The van der Waals surface area contributed by atoms with Gasteiger partial charge in [-0.25, -0.2) is 8.42 Å². The lowest BCUT2D eigenvalue weighted by Gasteiger charge is -2.17. The van der Waals surface area contributed by atoms with Crippen LogP contribution in [0.3, 0.4) is 0 Å². The SMILES string of the molecule is CCC(=O)N1CCc2cc(S(=O)(=O)Nc3cccc(OC(C)C)c3)ccc21. The molecule has 1 heterocycles. The molecule has 2 aromatic carbocycles. The highest BCUT2D eigenvalue weighted by Gasteiger charge is 2.25. The minimum absolute atomic E-state index is 0.00217. The summed E-state index contributed by atoms with van der Waals surface area (Å²) in [6.07, 6.45) is 1.08. The molecule has 0 saturated carbocycles. The summed E-state index contributed by atoms with van der Waals surface area (Å²) in [6, 6.07) is 11.8. The van der Waals surface area contributed by atoms with Crippen molar-refractivity contribution in [1.82, 2.24) is 0 Å². The molecule has 0 spiro atoms. The smallest absolute Gasteiger partial charge is 0.261 e. The van der Waals surface area contributed by atoms with Crippen LogP contribution >= 0.6 is 0 Å². The highest BCUT2D eigenvalue weighted by atomic mass is 32.2. The summed E-state index contributed by atoms with van der Waals surface area (Å²) in [5.41, 5.74) is 2.11. The number of nitrogens with one attached hydrogen (secondary N) is 1. The second-order valence-electron chi connectivity index (χ2n) is 6.74. The minimum atomic E-state index is -3.73. The van der Waals surface area contributed by atoms with Gasteiger partial charge in [-0.05, 0) is 56.2 Å². The van der Waals surface area contributed by atoms with Crippen LogP contribution in [0.2, 0.25) is 0 Å². The first kappa shape index (κ1) is 19.2. The molecule has 0 radical (unpaired) electrons. The molecule has 0 aliphatic carbocycles. The fourth-order valence-corrected chi connectivity index (χ4v) is 4.21. The molecule has 1 aliphatic heterocycles. The number of hydrogen-bond acceptors (Lipinski definition) is 4. The second kappa shape index (κ2) is 7.60. The molecule has 6 nitrogen and oxygen atoms in total. The fraction of sp³-hybridized carbons (Fsp3) is 0.350. The Morgan fingerprint density at radius 1 is 1.22 bits per heavy atom. The van der Waals surface area contributed by atoms with Crippen molar-refractivity contribution in [3.63, 3.8) is 0 Å². The van der Waals surface area contributed by atoms with Crippen LogP contribution in [0.1, 0.15) is 32.8 Å². The molecule has 0 fully saturated rings. The van der Waals surface area contributed by atoms with Gasteiger partial charge in [-0.3, -0.25) is 9.52 Å². The molecular formula is C20H24N2O4S. The Balaban J connectivity index is 1.83. The Bertz CT molecular complexity index is 954. The van der Waals surface area contributed by atoms with Gasteiger partial charge in [0.15, 0.2) is 0 Å². The zero-order valence-corrected chi connectivity index (χ0v) is 16.5. The van der Waals surface area contributed by atoms with Crippen molar-refractivity contribution >= 4 is 27.3 Å². The number of ether oxygens (including phenoxy) is 1. The maximum absolute atomic E-state index is 12.8. The van der Waals surface area contributed by atoms with Gasteiger partial charge in [0.1, 0.15) is 5.75 Å². The van der Waals surface area contributed by atoms with E-state index in [-0.39, 0.29) is 16.9 Å². The van der Waals surface area contributed by atoms with Gasteiger partial charge in [0.05, 0.1) is 16.7 Å². The predicted octanol–water partition coefficient (Wildman–Crippen LogP) is 3.57. The van der Waals surface area contributed by atoms with E-state index in [9.17, 15) is 13.2 Å². The lowest BCUT2D eigenvalue weighted by atomic mass is 10.2. The van der Waals surface area contributed by atoms with Crippen molar-refractivity contribution in [1.29, 1.82) is 0 Å². The predicted molar refractivity (Wildman–Crippen MR) is 106 cm³/mol. The average Bonchev–Trinajstić information content (AvgIpc) is 3.03. The summed E-state index contributed by atoms with van der Waals surface area (Å²) >= 11 is 0. The number of benzene rings is 2. The van der Waals surface area contributed by atoms with E-state index in [1.54, 1.807) is 41.3 Å². The molecule has 144 valence electrons. The van der Waals surface area contributed by atoms with E-state index >= 15 is 0 Å². The Morgan fingerprint density at radius 3 is 2.70 bits per heavy atom. The normalized spacial score (nSPS) is 13.6. The number of hydrogen-bond donors (Lipinski definition) is 1. The van der Waals surface area contributed by atoms with Crippen LogP contribution in [0.25, 0.3) is 0 Å². The van der Waals surface area contributed by atoms with E-state index in [0.717, 1.165) is 11.3 Å². The third-order valence-electron chi connectivity index (χ3n) is 4.32. The first-order chi connectivity index (χ1) is 12.8. The first-order valence-electron chi connectivity index (χ1n) is 9.03. The first-order valence-corrected chi connectivity index (χ1v) is 10.5. The zero-order chi connectivity index (χ0) is 19.6. The van der Waals surface area contributed by atoms with Crippen molar-refractivity contribution in [2.45, 2.75) is 44.6 Å². The van der Waals surface area contributed by atoms with Crippen LogP contribution in [0.5, 0.6) is 5.75 Å². The highest BCUT2D eigenvalue weighted by Crippen LogP contribution is 2.31. The Labute approximate surface area is 160 Å². The van der Waals surface area contributed by atoms with Crippen LogP contribution in [-0.2, 0) is 21.2 Å². The van der Waals surface area contributed by atoms with E-state index < -0.39 is 10.0 Å². The molecule has 0 bridgehead atoms. The molecule has 2 aromatic rings. The van der Waals surface area contributed by atoms with Crippen LogP contribution in [0, 0.1) is 0 Å². The molecule has 1 amide bonds. The summed E-state index contributed by atoms with van der Waals surface area (Å²) < 4.78 is 33.8. The molecule has 1 aliphatic rings. The summed E-state index contributed by atoms with van der Waals surface area (Å²) in [5, 5.41) is 0. The van der Waals surface area contributed by atoms with Crippen molar-refractivity contribution in [3.05, 3.63) is 48.0 Å². The quantitative estimate of drug-likeness (QED) is 0.821. The van der Waals surface area contributed by atoms with Gasteiger partial charge in [0, 0.05) is 24.7 Å². The maximum Gasteiger partial charge on any atom is 0.261 e. The van der Waals surface area contributed by atoms with Gasteiger partial charge in [0.25, 0.3) is 10.0 Å². The van der Waals surface area contributed by atoms with E-state index in [4.69, 9.17) is 4.74 Å². The third-order valence-corrected chi connectivity index (χ3v) is 5.70. The summed E-state index contributed by atoms with van der Waals surface area (Å²) in [7, 11) is -3.73. The van der Waals surface area contributed by atoms with Crippen molar-refractivity contribution < 1.29 is 17.9 Å². The molecule has 7 heteroatoms. The number of amides is 1. The highest BCUT2D eigenvalue weighted by molar-refractivity contribution is 7.92. The van der Waals surface area contributed by atoms with Gasteiger partial charge < -0.3 is 9.64 Å². The van der Waals surface area contributed by atoms with Gasteiger partial charge in [-0.15, -0.1) is 0 Å². The number of nitrogens with zero attached hydrogens (tertiary/aromatic N) is 1. The van der Waals surface area contributed by atoms with Crippen molar-refractivity contribution in [2.24, 2.45) is 0 Å². The fourth-order valence-electron chi connectivity index (χ4n) is 3.11. The number of sulfonamides is 1. The van der Waals surface area contributed by atoms with Crippen LogP contribution in [0.15, 0.2) is 47.4 Å². The number of anilines is 2. The molecule has 27 heavy (non-hydrogen) atoms. The number of rotatable bonds is 6. The number of fused-ring (bicyclic) bond motifs is 1. The third kappa shape index (κ3) is 4.24. The largest absolute Gasteiger partial charge is 0.491 e. The molecule has 0 unspecified atom stereocenters. The van der Waals surface area contributed by atoms with Crippen LogP contribution < -0.4 is 14.4 Å². The molecule has 3 rings (SSSR count). The zero-order valence-electron chi connectivity index (χ0n) is 15.7. The topological polar surface area (TPSA) is 75.7 Å². The Kier molecular flexibility index (Phi) is 5.41. The lowest BCUT2D eigenvalue weighted by Crippen LogP contribution is -2.27. The Hall–Kier alpha value is -2.54. The van der Waals surface area contributed by atoms with Crippen LogP contribution in [0.4, 0.5) is 11.4 Å². The average molecular weight is 388 g/mol. The molecule has 0 saturated heterocycles. The summed E-state index contributed by atoms with van der Waals surface area (Å²) in [5.74, 6) is 0.650. The van der Waals surface area contributed by atoms with Gasteiger partial charge in [0.2, 0.25) is 5.91 Å². The maximum atomic E-state index is 12.8. The minimum Gasteiger partial charge on any atom is -0.491 e. The van der Waals surface area contributed by atoms with E-state index in [2.05, 4.69) is 4.72 Å². The molecule has 0 atom stereocenters. The van der Waals surface area contributed by atoms with Crippen molar-refractivity contribution in [2.75, 3.05) is 16.2 Å². The summed E-state index contributed by atoms with van der Waals surface area (Å²) in [4.78, 5) is 13.9. The Morgan fingerprint density at radius 2 is 2.00 bits per heavy atom.